The minimum atomic E-state index is 0.0784. The van der Waals surface area contributed by atoms with Crippen molar-refractivity contribution in [2.45, 2.75) is 50.8 Å². The van der Waals surface area contributed by atoms with Gasteiger partial charge in [0.15, 0.2) is 0 Å². The zero-order valence-corrected chi connectivity index (χ0v) is 11.5. The van der Waals surface area contributed by atoms with Crippen LogP contribution in [0.2, 0.25) is 0 Å². The Kier molecular flexibility index (Phi) is 6.03. The maximum absolute atomic E-state index is 11.7. The van der Waals surface area contributed by atoms with Crippen molar-refractivity contribution in [3.8, 4) is 0 Å². The molecule has 1 rings (SSSR count). The summed E-state index contributed by atoms with van der Waals surface area (Å²) in [5.74, 6) is 1.18. The molecular formula is C12H24N2OS. The Morgan fingerprint density at radius 3 is 2.81 bits per heavy atom. The Labute approximate surface area is 103 Å². The Morgan fingerprint density at radius 1 is 1.44 bits per heavy atom. The van der Waals surface area contributed by atoms with Crippen LogP contribution in [0.5, 0.6) is 0 Å². The third kappa shape index (κ3) is 4.24. The SMILES string of the molecule is CCS[C@@H]1CCC[C@H](NC(=O)N(C)CC)C1. The number of hydrogen-bond acceptors (Lipinski definition) is 2. The van der Waals surface area contributed by atoms with Crippen LogP contribution in [0.3, 0.4) is 0 Å². The van der Waals surface area contributed by atoms with Crippen molar-refractivity contribution >= 4 is 17.8 Å². The molecule has 16 heavy (non-hydrogen) atoms. The number of nitrogens with one attached hydrogen (secondary N) is 1. The van der Waals surface area contributed by atoms with Crippen LogP contribution in [-0.4, -0.2) is 41.6 Å². The fraction of sp³-hybridized carbons (Fsp3) is 0.917. The highest BCUT2D eigenvalue weighted by Crippen LogP contribution is 2.28. The van der Waals surface area contributed by atoms with Crippen LogP contribution in [0.4, 0.5) is 4.79 Å². The monoisotopic (exact) mass is 244 g/mol. The minimum absolute atomic E-state index is 0.0784. The molecule has 0 aromatic carbocycles. The second-order valence-corrected chi connectivity index (χ2v) is 5.98. The Bertz CT molecular complexity index is 221. The maximum Gasteiger partial charge on any atom is 0.317 e. The summed E-state index contributed by atoms with van der Waals surface area (Å²) in [6.45, 7) is 4.97. The van der Waals surface area contributed by atoms with E-state index in [0.717, 1.165) is 24.6 Å². The number of carbonyl (C=O) groups excluding carboxylic acids is 1. The van der Waals surface area contributed by atoms with Crippen molar-refractivity contribution < 1.29 is 4.79 Å². The number of thioether (sulfide) groups is 1. The molecule has 0 aromatic rings. The fourth-order valence-corrected chi connectivity index (χ4v) is 3.26. The molecule has 0 aliphatic heterocycles. The lowest BCUT2D eigenvalue weighted by atomic mass is 9.95. The van der Waals surface area contributed by atoms with Gasteiger partial charge in [-0.2, -0.15) is 11.8 Å². The molecule has 0 spiro atoms. The molecule has 1 saturated carbocycles. The first-order valence-corrected chi connectivity index (χ1v) is 7.35. The van der Waals surface area contributed by atoms with E-state index in [9.17, 15) is 4.79 Å². The topological polar surface area (TPSA) is 32.3 Å². The van der Waals surface area contributed by atoms with Gasteiger partial charge in [-0.15, -0.1) is 0 Å². The average Bonchev–Trinajstić information content (AvgIpc) is 2.29. The summed E-state index contributed by atoms with van der Waals surface area (Å²) in [6.07, 6.45) is 4.85. The number of rotatable bonds is 4. The van der Waals surface area contributed by atoms with Gasteiger partial charge in [-0.1, -0.05) is 13.3 Å². The first-order chi connectivity index (χ1) is 7.67. The summed E-state index contributed by atoms with van der Waals surface area (Å²) >= 11 is 2.03. The zero-order chi connectivity index (χ0) is 12.0. The van der Waals surface area contributed by atoms with Crippen LogP contribution in [-0.2, 0) is 0 Å². The van der Waals surface area contributed by atoms with Gasteiger partial charge in [-0.25, -0.2) is 4.79 Å². The van der Waals surface area contributed by atoms with Crippen molar-refractivity contribution in [1.82, 2.24) is 10.2 Å². The number of urea groups is 1. The summed E-state index contributed by atoms with van der Waals surface area (Å²) in [7, 11) is 1.84. The summed E-state index contributed by atoms with van der Waals surface area (Å²) in [6, 6.07) is 0.467. The van der Waals surface area contributed by atoms with Gasteiger partial charge in [0.25, 0.3) is 0 Å². The van der Waals surface area contributed by atoms with Gasteiger partial charge in [0.05, 0.1) is 0 Å². The van der Waals surface area contributed by atoms with Crippen LogP contribution in [0.15, 0.2) is 0 Å². The van der Waals surface area contributed by atoms with Crippen molar-refractivity contribution in [3.63, 3.8) is 0 Å². The van der Waals surface area contributed by atoms with Crippen molar-refractivity contribution in [2.75, 3.05) is 19.3 Å². The smallest absolute Gasteiger partial charge is 0.317 e. The first kappa shape index (κ1) is 13.7. The maximum atomic E-state index is 11.7. The van der Waals surface area contributed by atoms with E-state index in [1.54, 1.807) is 4.90 Å². The lowest BCUT2D eigenvalue weighted by Gasteiger charge is -2.30. The van der Waals surface area contributed by atoms with E-state index in [-0.39, 0.29) is 6.03 Å². The molecule has 1 aliphatic rings. The lowest BCUT2D eigenvalue weighted by Crippen LogP contribution is -2.45. The number of nitrogens with zero attached hydrogens (tertiary/aromatic N) is 1. The van der Waals surface area contributed by atoms with Crippen molar-refractivity contribution in [2.24, 2.45) is 0 Å². The second-order valence-electron chi connectivity index (χ2n) is 4.40. The molecule has 1 aliphatic carbocycles. The third-order valence-corrected chi connectivity index (χ3v) is 4.41. The normalized spacial score (nSPS) is 25.2. The zero-order valence-electron chi connectivity index (χ0n) is 10.7. The van der Waals surface area contributed by atoms with Gasteiger partial charge in [-0.3, -0.25) is 0 Å². The van der Waals surface area contributed by atoms with E-state index in [1.165, 1.54) is 18.6 Å². The molecule has 1 fully saturated rings. The van der Waals surface area contributed by atoms with E-state index in [0.29, 0.717) is 6.04 Å². The predicted molar refractivity (Wildman–Crippen MR) is 71.0 cm³/mol. The first-order valence-electron chi connectivity index (χ1n) is 6.30. The van der Waals surface area contributed by atoms with E-state index < -0.39 is 0 Å². The molecular weight excluding hydrogens is 220 g/mol. The van der Waals surface area contributed by atoms with E-state index >= 15 is 0 Å². The predicted octanol–water partition coefficient (Wildman–Crippen LogP) is 2.71. The Balaban J connectivity index is 2.33. The second kappa shape index (κ2) is 7.05. The number of carbonyl (C=O) groups is 1. The third-order valence-electron chi connectivity index (χ3n) is 3.18. The summed E-state index contributed by atoms with van der Waals surface area (Å²) in [4.78, 5) is 13.4. The highest BCUT2D eigenvalue weighted by molar-refractivity contribution is 7.99. The van der Waals surface area contributed by atoms with Crippen LogP contribution >= 0.6 is 11.8 Å². The molecule has 0 unspecified atom stereocenters. The summed E-state index contributed by atoms with van der Waals surface area (Å²) in [5.41, 5.74) is 0. The molecule has 0 radical (unpaired) electrons. The highest BCUT2D eigenvalue weighted by Gasteiger charge is 2.23. The van der Waals surface area contributed by atoms with Gasteiger partial charge in [-0.05, 0) is 31.9 Å². The van der Waals surface area contributed by atoms with Crippen LogP contribution in [0, 0.1) is 0 Å². The number of hydrogen-bond donors (Lipinski definition) is 1. The molecule has 1 N–H and O–H groups in total. The largest absolute Gasteiger partial charge is 0.335 e. The molecule has 2 atom stereocenters. The quantitative estimate of drug-likeness (QED) is 0.824. The van der Waals surface area contributed by atoms with Crippen LogP contribution < -0.4 is 5.32 Å². The minimum Gasteiger partial charge on any atom is -0.335 e. The van der Waals surface area contributed by atoms with Gasteiger partial charge in [0.2, 0.25) is 0 Å². The lowest BCUT2D eigenvalue weighted by molar-refractivity contribution is 0.203. The van der Waals surface area contributed by atoms with E-state index in [1.807, 2.05) is 25.7 Å². The van der Waals surface area contributed by atoms with Crippen molar-refractivity contribution in [3.05, 3.63) is 0 Å². The average molecular weight is 244 g/mol. The van der Waals surface area contributed by atoms with Crippen LogP contribution in [0.25, 0.3) is 0 Å². The van der Waals surface area contributed by atoms with Gasteiger partial charge < -0.3 is 10.2 Å². The fourth-order valence-electron chi connectivity index (χ4n) is 2.09. The number of amides is 2. The van der Waals surface area contributed by atoms with Gasteiger partial charge >= 0.3 is 6.03 Å². The molecule has 3 nitrogen and oxygen atoms in total. The summed E-state index contributed by atoms with van der Waals surface area (Å²) < 4.78 is 0. The van der Waals surface area contributed by atoms with E-state index in [4.69, 9.17) is 0 Å². The molecule has 2 amide bonds. The molecule has 0 heterocycles. The van der Waals surface area contributed by atoms with E-state index in [2.05, 4.69) is 12.2 Å². The van der Waals surface area contributed by atoms with Gasteiger partial charge in [0, 0.05) is 24.9 Å². The molecule has 0 saturated heterocycles. The molecule has 0 aromatic heterocycles. The Morgan fingerprint density at radius 2 is 2.19 bits per heavy atom. The van der Waals surface area contributed by atoms with Gasteiger partial charge in [0.1, 0.15) is 0 Å². The molecule has 94 valence electrons. The summed E-state index contributed by atoms with van der Waals surface area (Å²) in [5, 5.41) is 3.88. The molecule has 4 heteroatoms. The Hall–Kier alpha value is -0.380. The highest BCUT2D eigenvalue weighted by atomic mass is 32.2. The van der Waals surface area contributed by atoms with Crippen molar-refractivity contribution in [1.29, 1.82) is 0 Å². The van der Waals surface area contributed by atoms with Crippen LogP contribution in [0.1, 0.15) is 39.5 Å². The standard InChI is InChI=1S/C12H24N2OS/c1-4-14(3)12(15)13-10-7-6-8-11(9-10)16-5-2/h10-11H,4-9H2,1-3H3,(H,13,15)/t10-,11+/m0/s1. The molecule has 0 bridgehead atoms.